The van der Waals surface area contributed by atoms with Crippen LogP contribution in [0.25, 0.3) is 0 Å². The van der Waals surface area contributed by atoms with Gasteiger partial charge in [0.1, 0.15) is 6.54 Å². The molecule has 0 radical (unpaired) electrons. The second-order valence-corrected chi connectivity index (χ2v) is 11.3. The average molecular weight is 555 g/mol. The Kier molecular flexibility index (Phi) is 14.6. The highest BCUT2D eigenvalue weighted by atomic mass is 16.5. The molecule has 2 amide bonds. The first-order valence-corrected chi connectivity index (χ1v) is 15.8. The number of amides is 2. The number of aromatic amines is 1. The van der Waals surface area contributed by atoms with Gasteiger partial charge in [0.25, 0.3) is 5.91 Å². The minimum Gasteiger partial charge on any atom is -0.339 e. The highest BCUT2D eigenvalue weighted by molar-refractivity contribution is 5.97. The Morgan fingerprint density at radius 2 is 1.35 bits per heavy atom. The van der Waals surface area contributed by atoms with Crippen molar-refractivity contribution >= 4 is 11.8 Å². The molecule has 222 valence electrons. The normalized spacial score (nSPS) is 13.8. The number of rotatable bonds is 20. The Labute approximate surface area is 239 Å². The van der Waals surface area contributed by atoms with Crippen molar-refractivity contribution in [3.8, 4) is 0 Å². The van der Waals surface area contributed by atoms with Crippen molar-refractivity contribution in [3.05, 3.63) is 51.8 Å². The Balaban J connectivity index is 1.19. The van der Waals surface area contributed by atoms with Crippen molar-refractivity contribution in [2.75, 3.05) is 26.2 Å². The van der Waals surface area contributed by atoms with Crippen LogP contribution in [0.5, 0.6) is 0 Å². The fourth-order valence-electron chi connectivity index (χ4n) is 5.45. The van der Waals surface area contributed by atoms with E-state index in [4.69, 9.17) is 0 Å². The van der Waals surface area contributed by atoms with Crippen LogP contribution in [0, 0.1) is 0 Å². The standard InChI is InChI=1S/C32H50N4O4/c1-2-3-4-5-6-7-8-9-10-11-12-13-14-15-16-17-22-35-23-24-36(26-30(35)37)31(38)28-20-18-27(19-21-28)25-29-33-32(39)40-34-29/h18-21H,2-17,22-26H2,1H3,(H,33,34,39). The lowest BCUT2D eigenvalue weighted by Gasteiger charge is -2.34. The zero-order valence-corrected chi connectivity index (χ0v) is 24.6. The van der Waals surface area contributed by atoms with E-state index in [1.165, 1.54) is 96.3 Å². The van der Waals surface area contributed by atoms with E-state index in [2.05, 4.69) is 21.6 Å². The molecule has 1 aromatic carbocycles. The largest absolute Gasteiger partial charge is 0.438 e. The quantitative estimate of drug-likeness (QED) is 0.188. The van der Waals surface area contributed by atoms with E-state index in [0.717, 1.165) is 18.5 Å². The molecule has 1 aliphatic rings. The highest BCUT2D eigenvalue weighted by Gasteiger charge is 2.27. The molecule has 1 N–H and O–H groups in total. The minimum absolute atomic E-state index is 0.0344. The van der Waals surface area contributed by atoms with Gasteiger partial charge in [0.05, 0.1) is 0 Å². The number of carbonyl (C=O) groups excluding carboxylic acids is 2. The summed E-state index contributed by atoms with van der Waals surface area (Å²) in [7, 11) is 0. The van der Waals surface area contributed by atoms with Crippen molar-refractivity contribution in [2.24, 2.45) is 0 Å². The lowest BCUT2D eigenvalue weighted by atomic mass is 10.0. The summed E-state index contributed by atoms with van der Waals surface area (Å²) in [5.74, 6) is -0.237. The molecule has 0 bridgehead atoms. The predicted octanol–water partition coefficient (Wildman–Crippen LogP) is 6.50. The summed E-state index contributed by atoms with van der Waals surface area (Å²) >= 11 is 0. The molecule has 0 atom stereocenters. The molecule has 1 saturated heterocycles. The first-order chi connectivity index (χ1) is 19.6. The van der Waals surface area contributed by atoms with Crippen molar-refractivity contribution in [2.45, 2.75) is 116 Å². The average Bonchev–Trinajstić information content (AvgIpc) is 3.37. The van der Waals surface area contributed by atoms with Crippen molar-refractivity contribution in [1.82, 2.24) is 19.9 Å². The summed E-state index contributed by atoms with van der Waals surface area (Å²) < 4.78 is 4.52. The van der Waals surface area contributed by atoms with Crippen LogP contribution in [0.15, 0.2) is 33.6 Å². The lowest BCUT2D eigenvalue weighted by Crippen LogP contribution is -2.52. The first kappa shape index (κ1) is 31.6. The summed E-state index contributed by atoms with van der Waals surface area (Å²) in [6.07, 6.45) is 21.8. The number of aromatic nitrogens is 2. The number of nitrogens with zero attached hydrogens (tertiary/aromatic N) is 3. The monoisotopic (exact) mass is 554 g/mol. The number of piperazine rings is 1. The summed E-state index contributed by atoms with van der Waals surface area (Å²) in [5.41, 5.74) is 1.46. The number of hydrogen-bond donors (Lipinski definition) is 1. The molecule has 1 aromatic heterocycles. The van der Waals surface area contributed by atoms with Crippen LogP contribution in [0.1, 0.15) is 131 Å². The summed E-state index contributed by atoms with van der Waals surface area (Å²) in [4.78, 5) is 42.7. The molecule has 1 fully saturated rings. The highest BCUT2D eigenvalue weighted by Crippen LogP contribution is 2.16. The minimum atomic E-state index is -0.583. The van der Waals surface area contributed by atoms with Crippen LogP contribution in [0.4, 0.5) is 0 Å². The Morgan fingerprint density at radius 1 is 0.800 bits per heavy atom. The first-order valence-electron chi connectivity index (χ1n) is 15.8. The van der Waals surface area contributed by atoms with Gasteiger partial charge in [-0.25, -0.2) is 4.79 Å². The van der Waals surface area contributed by atoms with Crippen LogP contribution >= 0.6 is 0 Å². The summed E-state index contributed by atoms with van der Waals surface area (Å²) in [6, 6.07) is 7.16. The molecule has 0 spiro atoms. The van der Waals surface area contributed by atoms with Gasteiger partial charge in [0.15, 0.2) is 5.82 Å². The molecule has 8 heteroatoms. The molecule has 0 unspecified atom stereocenters. The van der Waals surface area contributed by atoms with Gasteiger partial charge in [-0.05, 0) is 24.1 Å². The Hall–Kier alpha value is -2.90. The maximum Gasteiger partial charge on any atom is 0.438 e. The van der Waals surface area contributed by atoms with E-state index in [1.54, 1.807) is 17.0 Å². The van der Waals surface area contributed by atoms with Gasteiger partial charge >= 0.3 is 5.76 Å². The smallest absolute Gasteiger partial charge is 0.339 e. The number of H-pyrrole nitrogens is 1. The molecule has 40 heavy (non-hydrogen) atoms. The van der Waals surface area contributed by atoms with Gasteiger partial charge in [0, 0.05) is 31.6 Å². The summed E-state index contributed by atoms with van der Waals surface area (Å²) in [5, 5.41) is 3.66. The molecule has 2 heterocycles. The molecular weight excluding hydrogens is 504 g/mol. The lowest BCUT2D eigenvalue weighted by molar-refractivity contribution is -0.135. The van der Waals surface area contributed by atoms with Crippen LogP contribution in [0.2, 0.25) is 0 Å². The third-order valence-corrected chi connectivity index (χ3v) is 7.95. The fourth-order valence-corrected chi connectivity index (χ4v) is 5.45. The Bertz CT molecular complexity index is 1050. The van der Waals surface area contributed by atoms with Gasteiger partial charge in [-0.3, -0.25) is 19.1 Å². The Morgan fingerprint density at radius 3 is 1.85 bits per heavy atom. The summed E-state index contributed by atoms with van der Waals surface area (Å²) in [6.45, 7) is 4.36. The van der Waals surface area contributed by atoms with Gasteiger partial charge < -0.3 is 9.80 Å². The van der Waals surface area contributed by atoms with Crippen molar-refractivity contribution in [3.63, 3.8) is 0 Å². The van der Waals surface area contributed by atoms with Gasteiger partial charge in [0.2, 0.25) is 5.91 Å². The van der Waals surface area contributed by atoms with Crippen LogP contribution in [-0.2, 0) is 11.2 Å². The number of hydrogen-bond acceptors (Lipinski definition) is 5. The molecule has 0 saturated carbocycles. The second-order valence-electron chi connectivity index (χ2n) is 11.3. The number of unbranched alkanes of at least 4 members (excludes halogenated alkanes) is 15. The van der Waals surface area contributed by atoms with E-state index < -0.39 is 5.76 Å². The predicted molar refractivity (Wildman–Crippen MR) is 158 cm³/mol. The van der Waals surface area contributed by atoms with Crippen molar-refractivity contribution < 1.29 is 14.1 Å². The second kappa shape index (κ2) is 18.4. The van der Waals surface area contributed by atoms with E-state index in [0.29, 0.717) is 30.9 Å². The third-order valence-electron chi connectivity index (χ3n) is 7.95. The SMILES string of the molecule is CCCCCCCCCCCCCCCCCCN1CCN(C(=O)c2ccc(Cc3noc(=O)[nH]3)cc2)CC1=O. The van der Waals surface area contributed by atoms with Crippen LogP contribution in [0.3, 0.4) is 0 Å². The maximum absolute atomic E-state index is 12.9. The number of carbonyl (C=O) groups is 2. The molecular formula is C32H50N4O4. The van der Waals surface area contributed by atoms with E-state index in [9.17, 15) is 14.4 Å². The topological polar surface area (TPSA) is 99.5 Å². The zero-order valence-electron chi connectivity index (χ0n) is 24.6. The molecule has 0 aliphatic carbocycles. The fraction of sp³-hybridized carbons (Fsp3) is 0.688. The van der Waals surface area contributed by atoms with Gasteiger partial charge in [-0.15, -0.1) is 0 Å². The van der Waals surface area contributed by atoms with Gasteiger partial charge in [-0.1, -0.05) is 121 Å². The molecule has 3 rings (SSSR count). The number of nitrogens with one attached hydrogen (secondary N) is 1. The van der Waals surface area contributed by atoms with Crippen LogP contribution < -0.4 is 5.76 Å². The van der Waals surface area contributed by atoms with E-state index in [1.807, 2.05) is 17.0 Å². The van der Waals surface area contributed by atoms with Crippen LogP contribution in [-0.4, -0.2) is 57.9 Å². The molecule has 2 aromatic rings. The third kappa shape index (κ3) is 11.7. The van der Waals surface area contributed by atoms with E-state index in [-0.39, 0.29) is 18.4 Å². The molecule has 8 nitrogen and oxygen atoms in total. The van der Waals surface area contributed by atoms with Gasteiger partial charge in [-0.2, -0.15) is 0 Å². The molecule has 1 aliphatic heterocycles. The van der Waals surface area contributed by atoms with E-state index >= 15 is 0 Å². The van der Waals surface area contributed by atoms with Crippen molar-refractivity contribution in [1.29, 1.82) is 0 Å². The maximum atomic E-state index is 12.9. The zero-order chi connectivity index (χ0) is 28.4. The number of benzene rings is 1.